The van der Waals surface area contributed by atoms with E-state index in [4.69, 9.17) is 4.74 Å². The van der Waals surface area contributed by atoms with Crippen LogP contribution in [0, 0.1) is 17.8 Å². The molecular weight excluding hydrogens is 272 g/mol. The molecule has 2 rings (SSSR count). The van der Waals surface area contributed by atoms with Gasteiger partial charge in [-0.2, -0.15) is 0 Å². The second-order valence-electron chi connectivity index (χ2n) is 7.67. The molecule has 0 bridgehead atoms. The minimum atomic E-state index is -0.00900. The van der Waals surface area contributed by atoms with Crippen LogP contribution >= 0.6 is 0 Å². The van der Waals surface area contributed by atoms with Crippen LogP contribution < -0.4 is 0 Å². The van der Waals surface area contributed by atoms with Crippen molar-refractivity contribution in [3.63, 3.8) is 0 Å². The summed E-state index contributed by atoms with van der Waals surface area (Å²) in [5.41, 5.74) is 0. The van der Waals surface area contributed by atoms with Gasteiger partial charge in [0.15, 0.2) is 0 Å². The van der Waals surface area contributed by atoms with E-state index in [9.17, 15) is 4.79 Å². The van der Waals surface area contributed by atoms with E-state index in [1.165, 1.54) is 64.2 Å². The van der Waals surface area contributed by atoms with Gasteiger partial charge in [0.1, 0.15) is 6.10 Å². The van der Waals surface area contributed by atoms with Crippen molar-refractivity contribution < 1.29 is 9.53 Å². The zero-order chi connectivity index (χ0) is 15.8. The molecule has 2 atom stereocenters. The van der Waals surface area contributed by atoms with Crippen LogP contribution in [0.4, 0.5) is 0 Å². The first-order valence-corrected chi connectivity index (χ1v) is 9.92. The maximum absolute atomic E-state index is 11.5. The Balaban J connectivity index is 1.70. The smallest absolute Gasteiger partial charge is 0.305 e. The van der Waals surface area contributed by atoms with Crippen LogP contribution in [-0.4, -0.2) is 12.1 Å². The third-order valence-electron chi connectivity index (χ3n) is 6.03. The van der Waals surface area contributed by atoms with Crippen molar-refractivity contribution in [1.29, 1.82) is 0 Å². The molecule has 2 nitrogen and oxygen atoms in total. The van der Waals surface area contributed by atoms with E-state index in [0.29, 0.717) is 6.42 Å². The summed E-state index contributed by atoms with van der Waals surface area (Å²) >= 11 is 0. The fraction of sp³-hybridized carbons (Fsp3) is 0.950. The van der Waals surface area contributed by atoms with Crippen LogP contribution in [0.2, 0.25) is 0 Å². The van der Waals surface area contributed by atoms with Crippen molar-refractivity contribution in [1.82, 2.24) is 0 Å². The maximum Gasteiger partial charge on any atom is 0.305 e. The first kappa shape index (κ1) is 17.8. The Morgan fingerprint density at radius 2 is 1.73 bits per heavy atom. The lowest BCUT2D eigenvalue weighted by Crippen LogP contribution is -2.31. The van der Waals surface area contributed by atoms with Crippen molar-refractivity contribution >= 4 is 5.97 Å². The molecule has 0 aromatic rings. The summed E-state index contributed by atoms with van der Waals surface area (Å²) in [4.78, 5) is 11.5. The number of carbonyl (C=O) groups excluding carboxylic acids is 1. The van der Waals surface area contributed by atoms with Gasteiger partial charge in [-0.25, -0.2) is 0 Å². The summed E-state index contributed by atoms with van der Waals surface area (Å²) in [6.45, 7) is 4.18. The molecule has 0 spiro atoms. The molecule has 0 N–H and O–H groups in total. The monoisotopic (exact) mass is 308 g/mol. The lowest BCUT2D eigenvalue weighted by Gasteiger charge is -2.38. The Kier molecular flexibility index (Phi) is 7.75. The minimum Gasteiger partial charge on any atom is -0.462 e. The highest BCUT2D eigenvalue weighted by atomic mass is 16.5. The molecule has 2 aliphatic carbocycles. The molecule has 128 valence electrons. The number of hydrogen-bond acceptors (Lipinski definition) is 2. The van der Waals surface area contributed by atoms with E-state index >= 15 is 0 Å². The van der Waals surface area contributed by atoms with Gasteiger partial charge in [0, 0.05) is 6.42 Å². The van der Waals surface area contributed by atoms with Crippen LogP contribution in [0.15, 0.2) is 0 Å². The predicted molar refractivity (Wildman–Crippen MR) is 91.7 cm³/mol. The van der Waals surface area contributed by atoms with Crippen molar-refractivity contribution in [3.8, 4) is 0 Å². The SMILES string of the molecule is CCCCCC1CCC(C2CCCC(OC(=O)CC)C2)CC1. The van der Waals surface area contributed by atoms with Crippen molar-refractivity contribution in [2.75, 3.05) is 0 Å². The largest absolute Gasteiger partial charge is 0.462 e. The zero-order valence-electron chi connectivity index (χ0n) is 14.8. The fourth-order valence-corrected chi connectivity index (χ4v) is 4.62. The fourth-order valence-electron chi connectivity index (χ4n) is 4.62. The summed E-state index contributed by atoms with van der Waals surface area (Å²) in [6, 6.07) is 0. The molecule has 2 saturated carbocycles. The van der Waals surface area contributed by atoms with E-state index in [-0.39, 0.29) is 12.1 Å². The second kappa shape index (κ2) is 9.57. The van der Waals surface area contributed by atoms with Gasteiger partial charge in [-0.3, -0.25) is 4.79 Å². The highest BCUT2D eigenvalue weighted by Crippen LogP contribution is 2.41. The lowest BCUT2D eigenvalue weighted by molar-refractivity contribution is -0.151. The molecule has 2 aliphatic rings. The number of hydrogen-bond donors (Lipinski definition) is 0. The standard InChI is InChI=1S/C20H36O2/c1-3-5-6-8-16-11-13-17(14-12-16)18-9-7-10-19(15-18)22-20(21)4-2/h16-19H,3-15H2,1-2H3. The molecule has 2 heteroatoms. The van der Waals surface area contributed by atoms with Crippen LogP contribution in [0.5, 0.6) is 0 Å². The van der Waals surface area contributed by atoms with Crippen LogP contribution in [0.3, 0.4) is 0 Å². The average molecular weight is 309 g/mol. The van der Waals surface area contributed by atoms with E-state index in [1.807, 2.05) is 6.92 Å². The van der Waals surface area contributed by atoms with Gasteiger partial charge in [-0.15, -0.1) is 0 Å². The van der Waals surface area contributed by atoms with Crippen molar-refractivity contribution in [3.05, 3.63) is 0 Å². The molecule has 0 aliphatic heterocycles. The third kappa shape index (κ3) is 5.59. The van der Waals surface area contributed by atoms with Crippen LogP contribution in [0.25, 0.3) is 0 Å². The summed E-state index contributed by atoms with van der Waals surface area (Å²) < 4.78 is 5.61. The molecule has 22 heavy (non-hydrogen) atoms. The van der Waals surface area contributed by atoms with E-state index in [2.05, 4.69) is 6.92 Å². The average Bonchev–Trinajstić information content (AvgIpc) is 2.56. The second-order valence-corrected chi connectivity index (χ2v) is 7.67. The van der Waals surface area contributed by atoms with Crippen LogP contribution in [0.1, 0.15) is 97.3 Å². The number of carbonyl (C=O) groups is 1. The lowest BCUT2D eigenvalue weighted by atomic mass is 9.70. The third-order valence-corrected chi connectivity index (χ3v) is 6.03. The van der Waals surface area contributed by atoms with Crippen molar-refractivity contribution in [2.45, 2.75) is 103 Å². The van der Waals surface area contributed by atoms with Gasteiger partial charge < -0.3 is 4.74 Å². The van der Waals surface area contributed by atoms with Gasteiger partial charge in [-0.05, 0) is 56.3 Å². The highest BCUT2D eigenvalue weighted by Gasteiger charge is 2.32. The Hall–Kier alpha value is -0.530. The Bertz CT molecular complexity index is 318. The summed E-state index contributed by atoms with van der Waals surface area (Å²) in [5, 5.41) is 0. The highest BCUT2D eigenvalue weighted by molar-refractivity contribution is 5.69. The van der Waals surface area contributed by atoms with E-state index in [1.54, 1.807) is 0 Å². The number of esters is 1. The van der Waals surface area contributed by atoms with Gasteiger partial charge in [0.2, 0.25) is 0 Å². The quantitative estimate of drug-likeness (QED) is 0.433. The molecule has 0 saturated heterocycles. The first-order chi connectivity index (χ1) is 10.7. The van der Waals surface area contributed by atoms with Gasteiger partial charge >= 0.3 is 5.97 Å². The first-order valence-electron chi connectivity index (χ1n) is 9.92. The van der Waals surface area contributed by atoms with Crippen LogP contribution in [-0.2, 0) is 9.53 Å². The number of rotatable bonds is 7. The minimum absolute atomic E-state index is 0.00900. The van der Waals surface area contributed by atoms with Crippen molar-refractivity contribution in [2.24, 2.45) is 17.8 Å². The molecule has 0 aromatic carbocycles. The summed E-state index contributed by atoms with van der Waals surface area (Å²) in [5.74, 6) is 2.72. The Labute approximate surface area is 137 Å². The molecule has 0 amide bonds. The molecule has 2 fully saturated rings. The Morgan fingerprint density at radius 3 is 2.41 bits per heavy atom. The van der Waals surface area contributed by atoms with Gasteiger partial charge in [0.25, 0.3) is 0 Å². The number of ether oxygens (including phenoxy) is 1. The van der Waals surface area contributed by atoms with E-state index in [0.717, 1.165) is 30.6 Å². The van der Waals surface area contributed by atoms with Gasteiger partial charge in [0.05, 0.1) is 0 Å². The number of unbranched alkanes of at least 4 members (excludes halogenated alkanes) is 2. The molecule has 2 unspecified atom stereocenters. The summed E-state index contributed by atoms with van der Waals surface area (Å²) in [7, 11) is 0. The Morgan fingerprint density at radius 1 is 0.955 bits per heavy atom. The molecule has 0 radical (unpaired) electrons. The van der Waals surface area contributed by atoms with Gasteiger partial charge in [-0.1, -0.05) is 52.4 Å². The molecule has 0 heterocycles. The predicted octanol–water partition coefficient (Wildman–Crippen LogP) is 5.89. The van der Waals surface area contributed by atoms with E-state index < -0.39 is 0 Å². The summed E-state index contributed by atoms with van der Waals surface area (Å²) in [6.07, 6.45) is 17.0. The zero-order valence-corrected chi connectivity index (χ0v) is 14.8. The normalized spacial score (nSPS) is 32.6. The molecular formula is C20H36O2. The maximum atomic E-state index is 11.5. The molecule has 0 aromatic heterocycles. The topological polar surface area (TPSA) is 26.3 Å².